The first-order valence-electron chi connectivity index (χ1n) is 5.22. The molecule has 0 aromatic carbocycles. The molecule has 0 amide bonds. The van der Waals surface area contributed by atoms with Gasteiger partial charge in [0, 0.05) is 25.8 Å². The molecule has 1 rings (SSSR count). The number of hydrogen-bond acceptors (Lipinski definition) is 4. The average molecular weight is 242 g/mol. The van der Waals surface area contributed by atoms with Crippen molar-refractivity contribution in [3.8, 4) is 0 Å². The number of hydrogen-bond donors (Lipinski definition) is 1. The van der Waals surface area contributed by atoms with Crippen LogP contribution in [0.15, 0.2) is 12.3 Å². The lowest BCUT2D eigenvalue weighted by Gasteiger charge is -2.05. The zero-order chi connectivity index (χ0) is 12.8. The Hall–Kier alpha value is -1.89. The van der Waals surface area contributed by atoms with Crippen LogP contribution in [0.2, 0.25) is 0 Å². The summed E-state index contributed by atoms with van der Waals surface area (Å²) < 4.78 is 6.48. The molecule has 7 heteroatoms. The first-order valence-corrected chi connectivity index (χ1v) is 5.22. The highest BCUT2D eigenvalue weighted by Gasteiger charge is 2.18. The lowest BCUT2D eigenvalue weighted by molar-refractivity contribution is -0.384. The summed E-state index contributed by atoms with van der Waals surface area (Å²) in [6.07, 6.45) is 1.84. The third kappa shape index (κ3) is 3.56. The van der Waals surface area contributed by atoms with Gasteiger partial charge in [-0.25, -0.2) is 4.79 Å². The molecule has 1 N–H and O–H groups in total. The third-order valence-corrected chi connectivity index (χ3v) is 2.20. The molecule has 94 valence electrons. The standard InChI is InChI=1S/C10H14N2O5/c1-2-17-5-3-4-11-7-8(12(15)16)6-9(11)10(13)14/h6-7H,2-5H2,1H3,(H,13,14). The summed E-state index contributed by atoms with van der Waals surface area (Å²) in [5, 5.41) is 19.4. The molecule has 1 heterocycles. The number of nitrogens with zero attached hydrogens (tertiary/aromatic N) is 2. The zero-order valence-electron chi connectivity index (χ0n) is 9.46. The highest BCUT2D eigenvalue weighted by Crippen LogP contribution is 2.16. The maximum atomic E-state index is 10.9. The molecule has 0 unspecified atom stereocenters. The largest absolute Gasteiger partial charge is 0.477 e. The van der Waals surface area contributed by atoms with Gasteiger partial charge in [0.2, 0.25) is 0 Å². The molecule has 0 radical (unpaired) electrons. The summed E-state index contributed by atoms with van der Waals surface area (Å²) in [4.78, 5) is 20.8. The van der Waals surface area contributed by atoms with E-state index in [1.165, 1.54) is 10.8 Å². The molecular weight excluding hydrogens is 228 g/mol. The number of carboxylic acids is 1. The maximum Gasteiger partial charge on any atom is 0.352 e. The van der Waals surface area contributed by atoms with Crippen molar-refractivity contribution < 1.29 is 19.6 Å². The highest BCUT2D eigenvalue weighted by molar-refractivity contribution is 5.86. The van der Waals surface area contributed by atoms with Crippen LogP contribution < -0.4 is 0 Å². The van der Waals surface area contributed by atoms with Crippen molar-refractivity contribution in [2.45, 2.75) is 19.9 Å². The van der Waals surface area contributed by atoms with Crippen LogP contribution in [0.3, 0.4) is 0 Å². The maximum absolute atomic E-state index is 10.9. The van der Waals surface area contributed by atoms with Crippen LogP contribution in [0.4, 0.5) is 5.69 Å². The predicted molar refractivity (Wildman–Crippen MR) is 59.2 cm³/mol. The minimum atomic E-state index is -1.17. The second-order valence-corrected chi connectivity index (χ2v) is 3.39. The van der Waals surface area contributed by atoms with E-state index in [2.05, 4.69) is 0 Å². The number of aromatic carboxylic acids is 1. The van der Waals surface area contributed by atoms with E-state index < -0.39 is 10.9 Å². The van der Waals surface area contributed by atoms with Crippen molar-refractivity contribution in [3.63, 3.8) is 0 Å². The lowest BCUT2D eigenvalue weighted by atomic mass is 10.4. The van der Waals surface area contributed by atoms with E-state index in [0.29, 0.717) is 26.2 Å². The Kier molecular flexibility index (Phi) is 4.65. The van der Waals surface area contributed by atoms with Crippen LogP contribution in [-0.4, -0.2) is 33.8 Å². The second kappa shape index (κ2) is 6.00. The molecule has 0 aliphatic rings. The van der Waals surface area contributed by atoms with Gasteiger partial charge in [-0.15, -0.1) is 0 Å². The summed E-state index contributed by atoms with van der Waals surface area (Å²) in [6.45, 7) is 3.35. The van der Waals surface area contributed by atoms with Crippen molar-refractivity contribution in [2.75, 3.05) is 13.2 Å². The summed E-state index contributed by atoms with van der Waals surface area (Å²) in [5.74, 6) is -1.17. The van der Waals surface area contributed by atoms with E-state index >= 15 is 0 Å². The summed E-state index contributed by atoms with van der Waals surface area (Å²) >= 11 is 0. The number of ether oxygens (including phenoxy) is 1. The van der Waals surface area contributed by atoms with Crippen molar-refractivity contribution in [2.24, 2.45) is 0 Å². The molecule has 7 nitrogen and oxygen atoms in total. The van der Waals surface area contributed by atoms with Crippen LogP contribution in [-0.2, 0) is 11.3 Å². The molecule has 1 aromatic rings. The number of rotatable bonds is 7. The third-order valence-electron chi connectivity index (χ3n) is 2.20. The van der Waals surface area contributed by atoms with Gasteiger partial charge in [0.25, 0.3) is 5.69 Å². The van der Waals surface area contributed by atoms with E-state index in [0.717, 1.165) is 6.07 Å². The smallest absolute Gasteiger partial charge is 0.352 e. The molecule has 0 bridgehead atoms. The summed E-state index contributed by atoms with van der Waals surface area (Å²) in [6, 6.07) is 1.06. The van der Waals surface area contributed by atoms with E-state index in [1.807, 2.05) is 6.92 Å². The van der Waals surface area contributed by atoms with E-state index in [4.69, 9.17) is 9.84 Å². The first kappa shape index (κ1) is 13.2. The van der Waals surface area contributed by atoms with Gasteiger partial charge in [0.15, 0.2) is 0 Å². The topological polar surface area (TPSA) is 94.6 Å². The normalized spacial score (nSPS) is 10.4. The minimum absolute atomic E-state index is 0.0757. The van der Waals surface area contributed by atoms with Crippen LogP contribution in [0.5, 0.6) is 0 Å². The molecule has 0 spiro atoms. The van der Waals surface area contributed by atoms with Crippen molar-refractivity contribution >= 4 is 11.7 Å². The highest BCUT2D eigenvalue weighted by atomic mass is 16.6. The van der Waals surface area contributed by atoms with Crippen LogP contribution in [0, 0.1) is 10.1 Å². The second-order valence-electron chi connectivity index (χ2n) is 3.39. The Morgan fingerprint density at radius 3 is 2.88 bits per heavy atom. The van der Waals surface area contributed by atoms with Gasteiger partial charge in [0.05, 0.1) is 11.1 Å². The lowest BCUT2D eigenvalue weighted by Crippen LogP contribution is -2.09. The van der Waals surface area contributed by atoms with Crippen molar-refractivity contribution in [1.82, 2.24) is 4.57 Å². The molecule has 0 saturated carbocycles. The Morgan fingerprint density at radius 1 is 1.65 bits per heavy atom. The average Bonchev–Trinajstić information content (AvgIpc) is 2.68. The van der Waals surface area contributed by atoms with Gasteiger partial charge in [-0.2, -0.15) is 0 Å². The molecule has 0 aliphatic carbocycles. The van der Waals surface area contributed by atoms with Crippen LogP contribution in [0.25, 0.3) is 0 Å². The Bertz CT molecular complexity index is 413. The van der Waals surface area contributed by atoms with Crippen molar-refractivity contribution in [3.05, 3.63) is 28.1 Å². The monoisotopic (exact) mass is 242 g/mol. The molecule has 0 fully saturated rings. The van der Waals surface area contributed by atoms with E-state index in [9.17, 15) is 14.9 Å². The molecular formula is C10H14N2O5. The quantitative estimate of drug-likeness (QED) is 0.444. The fourth-order valence-electron chi connectivity index (χ4n) is 1.44. The number of carbonyl (C=O) groups is 1. The minimum Gasteiger partial charge on any atom is -0.477 e. The summed E-state index contributed by atoms with van der Waals surface area (Å²) in [5.41, 5.74) is -0.285. The van der Waals surface area contributed by atoms with Gasteiger partial charge in [-0.05, 0) is 13.3 Å². The molecule has 1 aromatic heterocycles. The zero-order valence-corrected chi connectivity index (χ0v) is 9.46. The fraction of sp³-hybridized carbons (Fsp3) is 0.500. The number of aryl methyl sites for hydroxylation is 1. The Labute approximate surface area is 97.8 Å². The number of aromatic nitrogens is 1. The van der Waals surface area contributed by atoms with E-state index in [1.54, 1.807) is 0 Å². The van der Waals surface area contributed by atoms with Crippen molar-refractivity contribution in [1.29, 1.82) is 0 Å². The predicted octanol–water partition coefficient (Wildman–Crippen LogP) is 1.52. The number of nitro groups is 1. The molecule has 17 heavy (non-hydrogen) atoms. The van der Waals surface area contributed by atoms with Gasteiger partial charge in [0.1, 0.15) is 5.69 Å². The van der Waals surface area contributed by atoms with Gasteiger partial charge in [-0.1, -0.05) is 0 Å². The van der Waals surface area contributed by atoms with Gasteiger partial charge >= 0.3 is 5.97 Å². The molecule has 0 atom stereocenters. The molecule has 0 saturated heterocycles. The van der Waals surface area contributed by atoms with Gasteiger partial charge < -0.3 is 14.4 Å². The fourth-order valence-corrected chi connectivity index (χ4v) is 1.44. The van der Waals surface area contributed by atoms with Crippen LogP contribution in [0.1, 0.15) is 23.8 Å². The Morgan fingerprint density at radius 2 is 2.35 bits per heavy atom. The van der Waals surface area contributed by atoms with Crippen LogP contribution >= 0.6 is 0 Å². The SMILES string of the molecule is CCOCCCn1cc([N+](=O)[O-])cc1C(=O)O. The first-order chi connectivity index (χ1) is 8.06. The van der Waals surface area contributed by atoms with E-state index in [-0.39, 0.29) is 11.4 Å². The summed E-state index contributed by atoms with van der Waals surface area (Å²) in [7, 11) is 0. The Balaban J connectivity index is 2.74. The van der Waals surface area contributed by atoms with Gasteiger partial charge in [-0.3, -0.25) is 10.1 Å². The molecule has 0 aliphatic heterocycles. The number of carboxylic acid groups (broad SMARTS) is 1.